The highest BCUT2D eigenvalue weighted by Crippen LogP contribution is 2.31. The van der Waals surface area contributed by atoms with Gasteiger partial charge in [-0.2, -0.15) is 0 Å². The first-order valence-electron chi connectivity index (χ1n) is 11.4. The fourth-order valence-corrected chi connectivity index (χ4v) is 4.69. The van der Waals surface area contributed by atoms with Crippen LogP contribution in [0.1, 0.15) is 74.5 Å². The van der Waals surface area contributed by atoms with Gasteiger partial charge in [0, 0.05) is 36.7 Å². The lowest BCUT2D eigenvalue weighted by molar-refractivity contribution is 0.233. The first-order chi connectivity index (χ1) is 14.7. The van der Waals surface area contributed by atoms with E-state index >= 15 is 0 Å². The van der Waals surface area contributed by atoms with Crippen LogP contribution in [0.5, 0.6) is 11.5 Å². The van der Waals surface area contributed by atoms with Crippen LogP contribution in [0.15, 0.2) is 23.0 Å². The lowest BCUT2D eigenvalue weighted by Gasteiger charge is -2.29. The van der Waals surface area contributed by atoms with E-state index < -0.39 is 0 Å². The van der Waals surface area contributed by atoms with Crippen molar-refractivity contribution in [2.75, 3.05) is 19.8 Å². The van der Waals surface area contributed by atoms with Gasteiger partial charge in [0.25, 0.3) is 5.56 Å². The predicted octanol–water partition coefficient (Wildman–Crippen LogP) is 4.17. The maximum absolute atomic E-state index is 12.7. The maximum Gasteiger partial charge on any atom is 0.254 e. The standard InChI is InChI=1S/C24H33N3O3/c1-3-29-19-10-11-22(30-4-2)18(14-19)15-27-13-12-20-21(16-27)25-23(26-24(20)28)17-8-6-5-7-9-17/h10-11,14,17H,3-9,12-13,15-16H2,1-2H3,(H,25,26,28). The monoisotopic (exact) mass is 411 g/mol. The minimum atomic E-state index is 0.0635. The van der Waals surface area contributed by atoms with Gasteiger partial charge >= 0.3 is 0 Å². The van der Waals surface area contributed by atoms with Crippen LogP contribution in [0, 0.1) is 0 Å². The fourth-order valence-electron chi connectivity index (χ4n) is 4.69. The molecule has 0 saturated heterocycles. The third-order valence-electron chi connectivity index (χ3n) is 6.20. The Labute approximate surface area is 178 Å². The van der Waals surface area contributed by atoms with Crippen molar-refractivity contribution < 1.29 is 9.47 Å². The molecule has 0 bridgehead atoms. The molecule has 1 aliphatic carbocycles. The molecule has 6 nitrogen and oxygen atoms in total. The number of H-pyrrole nitrogens is 1. The summed E-state index contributed by atoms with van der Waals surface area (Å²) in [6, 6.07) is 6.02. The van der Waals surface area contributed by atoms with E-state index in [1.54, 1.807) is 0 Å². The Balaban J connectivity index is 1.54. The number of nitrogens with one attached hydrogen (secondary N) is 1. The van der Waals surface area contributed by atoms with Gasteiger partial charge in [0.2, 0.25) is 0 Å². The minimum absolute atomic E-state index is 0.0635. The SMILES string of the molecule is CCOc1ccc(OCC)c(CN2CCc3c(nc(C4CCCCC4)[nH]c3=O)C2)c1. The van der Waals surface area contributed by atoms with E-state index in [9.17, 15) is 4.79 Å². The summed E-state index contributed by atoms with van der Waals surface area (Å²) in [4.78, 5) is 23.1. The summed E-state index contributed by atoms with van der Waals surface area (Å²) in [6.07, 6.45) is 6.75. The zero-order valence-corrected chi connectivity index (χ0v) is 18.2. The number of hydrogen-bond acceptors (Lipinski definition) is 5. The van der Waals surface area contributed by atoms with E-state index in [1.807, 2.05) is 26.0 Å². The molecule has 2 aliphatic rings. The molecule has 0 unspecified atom stereocenters. The van der Waals surface area contributed by atoms with Gasteiger partial charge in [0.15, 0.2) is 0 Å². The molecule has 2 aromatic rings. The van der Waals surface area contributed by atoms with Crippen LogP contribution in [0.2, 0.25) is 0 Å². The zero-order valence-electron chi connectivity index (χ0n) is 18.2. The Hall–Kier alpha value is -2.34. The lowest BCUT2D eigenvalue weighted by atomic mass is 9.88. The molecule has 0 amide bonds. The topological polar surface area (TPSA) is 67.5 Å². The van der Waals surface area contributed by atoms with Crippen LogP contribution in [-0.2, 0) is 19.5 Å². The van der Waals surface area contributed by atoms with Crippen LogP contribution in [0.25, 0.3) is 0 Å². The van der Waals surface area contributed by atoms with Crippen molar-refractivity contribution in [2.24, 2.45) is 0 Å². The average molecular weight is 412 g/mol. The molecule has 30 heavy (non-hydrogen) atoms. The van der Waals surface area contributed by atoms with E-state index in [0.717, 1.165) is 66.5 Å². The molecule has 2 heterocycles. The second-order valence-electron chi connectivity index (χ2n) is 8.31. The summed E-state index contributed by atoms with van der Waals surface area (Å²) in [7, 11) is 0. The van der Waals surface area contributed by atoms with Crippen molar-refractivity contribution >= 4 is 0 Å². The van der Waals surface area contributed by atoms with Crippen LogP contribution >= 0.6 is 0 Å². The Morgan fingerprint density at radius 3 is 2.70 bits per heavy atom. The van der Waals surface area contributed by atoms with E-state index in [0.29, 0.717) is 25.7 Å². The van der Waals surface area contributed by atoms with Crippen molar-refractivity contribution in [3.05, 3.63) is 51.2 Å². The van der Waals surface area contributed by atoms with Crippen LogP contribution < -0.4 is 15.0 Å². The second kappa shape index (κ2) is 9.65. The second-order valence-corrected chi connectivity index (χ2v) is 8.31. The van der Waals surface area contributed by atoms with Gasteiger partial charge in [-0.25, -0.2) is 4.98 Å². The van der Waals surface area contributed by atoms with Crippen molar-refractivity contribution in [1.82, 2.24) is 14.9 Å². The minimum Gasteiger partial charge on any atom is -0.494 e. The molecule has 0 atom stereocenters. The number of benzene rings is 1. The Morgan fingerprint density at radius 1 is 1.13 bits per heavy atom. The number of aromatic amines is 1. The zero-order chi connectivity index (χ0) is 20.9. The first kappa shape index (κ1) is 20.9. The number of ether oxygens (including phenoxy) is 2. The van der Waals surface area contributed by atoms with E-state index in [2.05, 4.69) is 16.0 Å². The highest BCUT2D eigenvalue weighted by molar-refractivity contribution is 5.40. The van der Waals surface area contributed by atoms with Gasteiger partial charge < -0.3 is 14.5 Å². The molecule has 0 radical (unpaired) electrons. The summed E-state index contributed by atoms with van der Waals surface area (Å²) >= 11 is 0. The highest BCUT2D eigenvalue weighted by Gasteiger charge is 2.25. The van der Waals surface area contributed by atoms with E-state index in [1.165, 1.54) is 19.3 Å². The third-order valence-corrected chi connectivity index (χ3v) is 6.20. The summed E-state index contributed by atoms with van der Waals surface area (Å²) in [5.41, 5.74) is 2.99. The number of nitrogens with zero attached hydrogens (tertiary/aromatic N) is 2. The smallest absolute Gasteiger partial charge is 0.254 e. The first-order valence-corrected chi connectivity index (χ1v) is 11.4. The Kier molecular flexibility index (Phi) is 6.72. The third kappa shape index (κ3) is 4.69. The van der Waals surface area contributed by atoms with Crippen molar-refractivity contribution in [3.63, 3.8) is 0 Å². The van der Waals surface area contributed by atoms with Gasteiger partial charge in [-0.1, -0.05) is 19.3 Å². The molecule has 1 aromatic heterocycles. The number of fused-ring (bicyclic) bond motifs is 1. The van der Waals surface area contributed by atoms with Crippen molar-refractivity contribution in [3.8, 4) is 11.5 Å². The Bertz CT molecular complexity index is 918. The van der Waals surface area contributed by atoms with Gasteiger partial charge in [-0.3, -0.25) is 9.69 Å². The molecule has 162 valence electrons. The Morgan fingerprint density at radius 2 is 1.93 bits per heavy atom. The summed E-state index contributed by atoms with van der Waals surface area (Å²) in [5, 5.41) is 0. The molecule has 1 aliphatic heterocycles. The molecule has 1 N–H and O–H groups in total. The van der Waals surface area contributed by atoms with Crippen molar-refractivity contribution in [2.45, 2.75) is 71.4 Å². The molecule has 4 rings (SSSR count). The van der Waals surface area contributed by atoms with Crippen LogP contribution in [0.3, 0.4) is 0 Å². The van der Waals surface area contributed by atoms with Gasteiger partial charge in [0.05, 0.1) is 18.9 Å². The summed E-state index contributed by atoms with van der Waals surface area (Å²) in [5.74, 6) is 3.06. The quantitative estimate of drug-likeness (QED) is 0.741. The van der Waals surface area contributed by atoms with Crippen LogP contribution in [-0.4, -0.2) is 34.6 Å². The van der Waals surface area contributed by atoms with E-state index in [4.69, 9.17) is 14.5 Å². The van der Waals surface area contributed by atoms with E-state index in [-0.39, 0.29) is 5.56 Å². The number of hydrogen-bond donors (Lipinski definition) is 1. The highest BCUT2D eigenvalue weighted by atomic mass is 16.5. The largest absolute Gasteiger partial charge is 0.494 e. The molecule has 0 spiro atoms. The number of rotatable bonds is 7. The van der Waals surface area contributed by atoms with Crippen LogP contribution in [0.4, 0.5) is 0 Å². The molecule has 1 aromatic carbocycles. The van der Waals surface area contributed by atoms with Gasteiger partial charge in [0.1, 0.15) is 17.3 Å². The predicted molar refractivity (Wildman–Crippen MR) is 117 cm³/mol. The van der Waals surface area contributed by atoms with Gasteiger partial charge in [-0.15, -0.1) is 0 Å². The summed E-state index contributed by atoms with van der Waals surface area (Å²) < 4.78 is 11.5. The fraction of sp³-hybridized carbons (Fsp3) is 0.583. The average Bonchev–Trinajstić information content (AvgIpc) is 2.76. The number of aromatic nitrogens is 2. The molecule has 1 fully saturated rings. The molecule has 6 heteroatoms. The summed E-state index contributed by atoms with van der Waals surface area (Å²) in [6.45, 7) is 7.55. The lowest BCUT2D eigenvalue weighted by Crippen LogP contribution is -2.35. The molecular formula is C24H33N3O3. The van der Waals surface area contributed by atoms with Gasteiger partial charge in [-0.05, 0) is 51.3 Å². The van der Waals surface area contributed by atoms with Crippen molar-refractivity contribution in [1.29, 1.82) is 0 Å². The molecule has 1 saturated carbocycles. The maximum atomic E-state index is 12.7. The normalized spacial score (nSPS) is 17.5. The molecular weight excluding hydrogens is 378 g/mol.